The molecule has 1 aliphatic rings. The van der Waals surface area contributed by atoms with E-state index in [0.29, 0.717) is 48.7 Å². The van der Waals surface area contributed by atoms with Crippen molar-refractivity contribution in [1.82, 2.24) is 16.0 Å². The number of quaternary nitrogens is 1. The lowest BCUT2D eigenvalue weighted by Crippen LogP contribution is -2.85. The van der Waals surface area contributed by atoms with Crippen LogP contribution in [0.5, 0.6) is 23.0 Å². The van der Waals surface area contributed by atoms with Crippen molar-refractivity contribution >= 4 is 23.6 Å². The quantitative estimate of drug-likeness (QED) is 0.153. The van der Waals surface area contributed by atoms with Gasteiger partial charge in [0.05, 0.1) is 7.05 Å². The van der Waals surface area contributed by atoms with Crippen molar-refractivity contribution < 1.29 is 43.4 Å². The number of benzene rings is 4. The van der Waals surface area contributed by atoms with Gasteiger partial charge in [-0.15, -0.1) is 0 Å². The van der Waals surface area contributed by atoms with Gasteiger partial charge in [0.2, 0.25) is 6.61 Å². The van der Waals surface area contributed by atoms with Gasteiger partial charge in [-0.25, -0.2) is 4.79 Å². The van der Waals surface area contributed by atoms with Crippen molar-refractivity contribution in [3.63, 3.8) is 0 Å². The molecule has 12 heteroatoms. The fourth-order valence-electron chi connectivity index (χ4n) is 6.08. The van der Waals surface area contributed by atoms with E-state index in [-0.39, 0.29) is 50.1 Å². The Morgan fingerprint density at radius 2 is 0.692 bits per heavy atom. The van der Waals surface area contributed by atoms with Gasteiger partial charge in [0, 0.05) is 46.8 Å². The molecule has 4 aromatic rings. The molecule has 52 heavy (non-hydrogen) atoms. The van der Waals surface area contributed by atoms with E-state index in [1.807, 2.05) is 72.8 Å². The number of amides is 4. The summed E-state index contributed by atoms with van der Waals surface area (Å²) in [5.74, 6) is 1.19. The highest BCUT2D eigenvalue weighted by atomic mass is 16.5. The van der Waals surface area contributed by atoms with Crippen LogP contribution in [-0.4, -0.2) is 78.2 Å². The molecule has 4 amide bonds. The van der Waals surface area contributed by atoms with Crippen LogP contribution < -0.4 is 40.2 Å². The predicted octanol–water partition coefficient (Wildman–Crippen LogP) is 1.84. The zero-order valence-corrected chi connectivity index (χ0v) is 29.9. The Hall–Kier alpha value is -5.88. The summed E-state index contributed by atoms with van der Waals surface area (Å²) < 4.78 is 25.1. The topological polar surface area (TPSA) is 158 Å². The molecule has 5 N–H and O–H groups in total. The van der Waals surface area contributed by atoms with Crippen molar-refractivity contribution in [2.24, 2.45) is 0 Å². The van der Waals surface area contributed by atoms with Crippen LogP contribution in [-0.2, 0) is 44.9 Å². The second-order valence-electron chi connectivity index (χ2n) is 12.3. The van der Waals surface area contributed by atoms with Crippen LogP contribution in [0.2, 0.25) is 0 Å². The van der Waals surface area contributed by atoms with Crippen LogP contribution in [0.1, 0.15) is 44.5 Å². The Kier molecular flexibility index (Phi) is 12.8. The van der Waals surface area contributed by atoms with Gasteiger partial charge in [-0.1, -0.05) is 72.8 Å². The van der Waals surface area contributed by atoms with E-state index in [4.69, 9.17) is 18.9 Å². The molecule has 0 saturated heterocycles. The average Bonchev–Trinajstić information content (AvgIpc) is 3.15. The van der Waals surface area contributed by atoms with Crippen LogP contribution >= 0.6 is 0 Å². The van der Waals surface area contributed by atoms with Crippen molar-refractivity contribution in [3.8, 4) is 23.0 Å². The lowest BCUT2D eigenvalue weighted by atomic mass is 9.91. The maximum atomic E-state index is 12.5. The molecule has 0 fully saturated rings. The zero-order chi connectivity index (χ0) is 37.0. The minimum absolute atomic E-state index is 0.145. The third-order valence-corrected chi connectivity index (χ3v) is 8.80. The third-order valence-electron chi connectivity index (χ3n) is 8.80. The van der Waals surface area contributed by atoms with Gasteiger partial charge in [-0.3, -0.25) is 19.7 Å². The molecule has 4 aromatic carbocycles. The standard InChI is InChI=1S/C40H44N4O8/c1-41-33(45)21-49-37-25-9-5-10-26(37)18-28-12-7-14-30(39(28)51-23-35(47)43-3)20-32-16-8-15-31(40(32)52-24-36(48)44-4)19-29-13-6-11-27(17-25)38(29)50-22-34(46)42-2/h5-16H,17-24H2,1-4H3,(H,41,45)(H,42,46)(H,43,47)(H,44,48)/p+1. The fourth-order valence-corrected chi connectivity index (χ4v) is 6.08. The summed E-state index contributed by atoms with van der Waals surface area (Å²) in [6, 6.07) is 23.3. The number of hydrogen-bond donors (Lipinski definition) is 4. The Morgan fingerprint density at radius 1 is 0.462 bits per heavy atom. The molecule has 1 aliphatic carbocycles. The van der Waals surface area contributed by atoms with E-state index in [1.54, 1.807) is 28.2 Å². The molecular formula is C40H45N4O8+. The molecule has 272 valence electrons. The first kappa shape index (κ1) is 37.4. The van der Waals surface area contributed by atoms with E-state index in [9.17, 15) is 19.2 Å². The summed E-state index contributed by atoms with van der Waals surface area (Å²) in [7, 11) is 6.34. The van der Waals surface area contributed by atoms with E-state index in [2.05, 4.69) is 16.0 Å². The number of para-hydroxylation sites is 4. The van der Waals surface area contributed by atoms with Gasteiger partial charge in [0.1, 0.15) is 23.0 Å². The highest BCUT2D eigenvalue weighted by Gasteiger charge is 2.23. The largest absolute Gasteiger partial charge is 0.483 e. The van der Waals surface area contributed by atoms with Gasteiger partial charge < -0.3 is 34.9 Å². The summed E-state index contributed by atoms with van der Waals surface area (Å²) in [6.07, 6.45) is 1.45. The summed E-state index contributed by atoms with van der Waals surface area (Å²) in [6.45, 7) is -0.735. The molecule has 0 aromatic heterocycles. The summed E-state index contributed by atoms with van der Waals surface area (Å²) >= 11 is 0. The molecule has 0 saturated carbocycles. The number of rotatable bonds is 12. The minimum Gasteiger partial charge on any atom is -0.483 e. The number of nitrogens with one attached hydrogen (secondary N) is 3. The Morgan fingerprint density at radius 3 is 0.904 bits per heavy atom. The number of ether oxygens (including phenoxy) is 4. The molecule has 0 aliphatic heterocycles. The number of likely N-dealkylation sites (N-methyl/N-ethyl adjacent to an activating group) is 4. The predicted molar refractivity (Wildman–Crippen MR) is 194 cm³/mol. The number of hydrogen-bond acceptors (Lipinski definition) is 8. The smallest absolute Gasteiger partial charge is 0.347 e. The van der Waals surface area contributed by atoms with Gasteiger partial charge in [-0.05, 0) is 44.5 Å². The van der Waals surface area contributed by atoms with E-state index < -0.39 is 0 Å². The molecule has 12 nitrogen and oxygen atoms in total. The first-order chi connectivity index (χ1) is 25.2. The monoisotopic (exact) mass is 709 g/mol. The van der Waals surface area contributed by atoms with Crippen LogP contribution in [0.25, 0.3) is 0 Å². The normalized spacial score (nSPS) is 11.8. The number of fused-ring (bicyclic) bond motifs is 8. The summed E-state index contributed by atoms with van der Waals surface area (Å²) in [5, 5.41) is 9.33. The highest BCUT2D eigenvalue weighted by Crippen LogP contribution is 2.38. The van der Waals surface area contributed by atoms with Gasteiger partial charge >= 0.3 is 5.91 Å². The Balaban J connectivity index is 1.74. The zero-order valence-electron chi connectivity index (χ0n) is 29.9. The number of carbonyl (C=O) groups is 4. The highest BCUT2D eigenvalue weighted by molar-refractivity contribution is 5.78. The van der Waals surface area contributed by atoms with Crippen LogP contribution in [0, 0.1) is 0 Å². The maximum absolute atomic E-state index is 12.5. The van der Waals surface area contributed by atoms with Gasteiger partial charge in [0.15, 0.2) is 19.8 Å². The van der Waals surface area contributed by atoms with E-state index in [0.717, 1.165) is 44.5 Å². The first-order valence-electron chi connectivity index (χ1n) is 17.1. The second kappa shape index (κ2) is 17.9. The molecule has 0 spiro atoms. The van der Waals surface area contributed by atoms with Crippen molar-refractivity contribution in [1.29, 1.82) is 0 Å². The Labute approximate surface area is 303 Å². The second-order valence-corrected chi connectivity index (χ2v) is 12.3. The number of nitrogens with two attached hydrogens (primary N) is 1. The molecule has 0 unspecified atom stereocenters. The summed E-state index contributed by atoms with van der Waals surface area (Å²) in [4.78, 5) is 49.7. The molecule has 8 bridgehead atoms. The first-order valence-corrected chi connectivity index (χ1v) is 17.1. The van der Waals surface area contributed by atoms with Crippen LogP contribution in [0.15, 0.2) is 72.8 Å². The van der Waals surface area contributed by atoms with Crippen LogP contribution in [0.3, 0.4) is 0 Å². The summed E-state index contributed by atoms with van der Waals surface area (Å²) in [5.41, 5.74) is 6.48. The lowest BCUT2D eigenvalue weighted by molar-refractivity contribution is -0.539. The van der Waals surface area contributed by atoms with Crippen molar-refractivity contribution in [2.45, 2.75) is 25.7 Å². The van der Waals surface area contributed by atoms with Crippen molar-refractivity contribution in [3.05, 3.63) is 117 Å². The molecule has 0 heterocycles. The lowest BCUT2D eigenvalue weighted by Gasteiger charge is -2.22. The van der Waals surface area contributed by atoms with Gasteiger partial charge in [0.25, 0.3) is 17.7 Å². The van der Waals surface area contributed by atoms with E-state index in [1.165, 1.54) is 5.32 Å². The van der Waals surface area contributed by atoms with E-state index >= 15 is 0 Å². The third kappa shape index (κ3) is 9.26. The molecule has 5 rings (SSSR count). The maximum Gasteiger partial charge on any atom is 0.347 e. The molecule has 0 radical (unpaired) electrons. The van der Waals surface area contributed by atoms with Crippen LogP contribution in [0.4, 0.5) is 0 Å². The number of carbonyl (C=O) groups excluding carboxylic acids is 4. The SMILES string of the molecule is CNC(=O)COc1c2cccc1Cc1cccc(c1OCC(=O)NC)Cc1cccc(c1OCC(=O)[NH2+]C)Cc1cccc(c1OCC(=O)NC)C2. The van der Waals surface area contributed by atoms with Gasteiger partial charge in [-0.2, -0.15) is 0 Å². The number of primary amides is 1. The average molecular weight is 710 g/mol. The molecule has 0 atom stereocenters. The molecular weight excluding hydrogens is 664 g/mol. The van der Waals surface area contributed by atoms with Crippen molar-refractivity contribution in [2.75, 3.05) is 54.6 Å². The fraction of sp³-hybridized carbons (Fsp3) is 0.300. The Bertz CT molecular complexity index is 1580. The minimum atomic E-state index is -0.284.